The molecule has 0 spiro atoms. The van der Waals surface area contributed by atoms with Crippen LogP contribution >= 0.6 is 39.1 Å². The van der Waals surface area contributed by atoms with E-state index in [1.54, 1.807) is 11.8 Å². The zero-order valence-corrected chi connectivity index (χ0v) is 34.0. The Labute approximate surface area is 346 Å². The van der Waals surface area contributed by atoms with E-state index in [2.05, 4.69) is 47.6 Å². The lowest BCUT2D eigenvalue weighted by Crippen LogP contribution is -2.32. The van der Waals surface area contributed by atoms with E-state index in [1.165, 1.54) is 41.2 Å². The van der Waals surface area contributed by atoms with Crippen LogP contribution in [0.2, 0.25) is 0 Å². The Morgan fingerprint density at radius 3 is 1.93 bits per heavy atom. The Balaban J connectivity index is 0.000000181. The van der Waals surface area contributed by atoms with E-state index in [0.29, 0.717) is 28.7 Å². The van der Waals surface area contributed by atoms with Crippen LogP contribution in [0.5, 0.6) is 11.5 Å². The maximum atomic E-state index is 13.3. The van der Waals surface area contributed by atoms with Crippen LogP contribution < -0.4 is 20.1 Å². The second kappa shape index (κ2) is 18.2. The van der Waals surface area contributed by atoms with Crippen LogP contribution in [0, 0.1) is 0 Å². The number of aryl methyl sites for hydroxylation is 2. The monoisotopic (exact) mass is 914 g/mol. The molecule has 2 unspecified atom stereocenters. The Morgan fingerprint density at radius 1 is 0.810 bits per heavy atom. The fraction of sp³-hybridized carbons (Fsp3) is 0.250. The molecule has 1 amide bonds. The Morgan fingerprint density at radius 2 is 1.36 bits per heavy atom. The number of nitrogens with two attached hydrogens (primary N) is 1. The molecule has 2 aromatic heterocycles. The van der Waals surface area contributed by atoms with E-state index in [0.717, 1.165) is 22.7 Å². The van der Waals surface area contributed by atoms with Crippen molar-refractivity contribution in [3.8, 4) is 11.5 Å². The van der Waals surface area contributed by atoms with Gasteiger partial charge in [0.05, 0.1) is 18.7 Å². The summed E-state index contributed by atoms with van der Waals surface area (Å²) in [6.07, 6.45) is -4.42. The molecule has 2 N–H and O–H groups in total. The average Bonchev–Trinajstić information content (AvgIpc) is 3.84. The highest BCUT2D eigenvalue weighted by atomic mass is 79.9. The molecule has 0 fully saturated rings. The first-order valence-corrected chi connectivity index (χ1v) is 19.2. The summed E-state index contributed by atoms with van der Waals surface area (Å²) < 4.78 is 95.3. The second-order valence-corrected chi connectivity index (χ2v) is 14.1. The van der Waals surface area contributed by atoms with Gasteiger partial charge in [0.15, 0.2) is 0 Å². The molecule has 4 aromatic carbocycles. The van der Waals surface area contributed by atoms with Crippen molar-refractivity contribution >= 4 is 84.2 Å². The highest BCUT2D eigenvalue weighted by molar-refractivity contribution is 9.08. The van der Waals surface area contributed by atoms with Gasteiger partial charge in [0, 0.05) is 70.6 Å². The maximum absolute atomic E-state index is 13.3. The van der Waals surface area contributed by atoms with Crippen molar-refractivity contribution in [2.75, 3.05) is 17.2 Å². The van der Waals surface area contributed by atoms with Crippen LogP contribution in [-0.4, -0.2) is 51.1 Å². The van der Waals surface area contributed by atoms with Gasteiger partial charge in [0.2, 0.25) is 0 Å². The van der Waals surface area contributed by atoms with Crippen LogP contribution in [0.1, 0.15) is 38.8 Å². The number of amides is 1. The number of benzene rings is 4. The number of nitrogen functional groups attached to an aromatic ring is 1. The molecular formula is C40H35BrCl2F6N4O5. The van der Waals surface area contributed by atoms with Gasteiger partial charge in [0.1, 0.15) is 11.5 Å². The second-order valence-electron chi connectivity index (χ2n) is 12.7. The predicted octanol–water partition coefficient (Wildman–Crippen LogP) is 10.9. The van der Waals surface area contributed by atoms with Crippen LogP contribution in [0.25, 0.3) is 21.8 Å². The molecule has 1 aliphatic rings. The zero-order valence-electron chi connectivity index (χ0n) is 30.9. The summed E-state index contributed by atoms with van der Waals surface area (Å²) in [4.78, 5) is 26.0. The number of alkyl halides is 9. The normalized spacial score (nSPS) is 13.6. The molecule has 1 aliphatic heterocycles. The van der Waals surface area contributed by atoms with Gasteiger partial charge in [-0.3, -0.25) is 4.79 Å². The molecule has 6 aromatic rings. The SMILES string of the molecule is CCOC(=O)c1cc(OC(F)(F)C(F)Cl)ccc1CBr.Cn1ccc2cc(N)ccc21.Cn1ccc2cc(N3Cc4ccc(OC(F)(F)C(F)Cl)cc4C3=O)ccc21. The van der Waals surface area contributed by atoms with Crippen molar-refractivity contribution in [1.29, 1.82) is 0 Å². The fourth-order valence-electron chi connectivity index (χ4n) is 5.83. The maximum Gasteiger partial charge on any atom is 0.444 e. The fourth-order valence-corrected chi connectivity index (χ4v) is 6.40. The van der Waals surface area contributed by atoms with Crippen molar-refractivity contribution in [3.63, 3.8) is 0 Å². The van der Waals surface area contributed by atoms with Crippen molar-refractivity contribution in [3.05, 3.63) is 120 Å². The topological polar surface area (TPSA) is 101 Å². The van der Waals surface area contributed by atoms with Crippen LogP contribution in [0.15, 0.2) is 97.3 Å². The molecule has 58 heavy (non-hydrogen) atoms. The summed E-state index contributed by atoms with van der Waals surface area (Å²) in [6, 6.07) is 23.2. The molecule has 0 radical (unpaired) electrons. The number of rotatable bonds is 10. The van der Waals surface area contributed by atoms with E-state index >= 15 is 0 Å². The van der Waals surface area contributed by atoms with E-state index in [4.69, 9.17) is 22.1 Å². The summed E-state index contributed by atoms with van der Waals surface area (Å²) >= 11 is 12.6. The number of carbonyl (C=O) groups is 2. The van der Waals surface area contributed by atoms with Crippen molar-refractivity contribution in [1.82, 2.24) is 9.13 Å². The summed E-state index contributed by atoms with van der Waals surface area (Å²) in [5.41, 5.74) is 4.91. The molecule has 3 heterocycles. The third kappa shape index (κ3) is 10.1. The van der Waals surface area contributed by atoms with Crippen molar-refractivity contribution in [2.24, 2.45) is 14.1 Å². The summed E-state index contributed by atoms with van der Waals surface area (Å²) in [5, 5.41) is 2.50. The number of fused-ring (bicyclic) bond motifs is 3. The minimum atomic E-state index is -4.19. The van der Waals surface area contributed by atoms with Crippen molar-refractivity contribution < 1.29 is 50.1 Å². The summed E-state index contributed by atoms with van der Waals surface area (Å²) in [6.45, 7) is 2.06. The van der Waals surface area contributed by atoms with Gasteiger partial charge >= 0.3 is 18.2 Å². The standard InChI is InChI=1S/C19H14ClF3N2O2.C12H11BrClF3O3.C9H10N2/c1-24-7-6-11-8-13(3-5-16(11)24)25-10-12-2-4-14(9-15(12)17(25)26)27-19(22,23)18(20)21;1-2-19-10(18)9-5-8(4-3-7(9)6-13)20-12(16,17)11(14)15;1-11-5-4-7-6-8(10)2-3-9(7)11/h2-9,18H,10H2,1H3;3-5,11H,2,6H2,1H3;2-6H,10H2,1H3. The molecule has 18 heteroatoms. The largest absolute Gasteiger partial charge is 0.462 e. The van der Waals surface area contributed by atoms with Gasteiger partial charge < -0.3 is 34.0 Å². The highest BCUT2D eigenvalue weighted by Gasteiger charge is 2.43. The predicted molar refractivity (Wildman–Crippen MR) is 215 cm³/mol. The first-order chi connectivity index (χ1) is 27.3. The Hall–Kier alpha value is -5.06. The molecular weight excluding hydrogens is 881 g/mol. The van der Waals surface area contributed by atoms with Gasteiger partial charge in [-0.05, 0) is 90.8 Å². The minimum absolute atomic E-state index is 0.0574. The third-order valence-electron chi connectivity index (χ3n) is 8.71. The number of nitrogens with zero attached hydrogens (tertiary/aromatic N) is 3. The summed E-state index contributed by atoms with van der Waals surface area (Å²) in [5.74, 6) is -1.73. The zero-order chi connectivity index (χ0) is 42.5. The number of carbonyl (C=O) groups excluding carboxylic acids is 2. The lowest BCUT2D eigenvalue weighted by molar-refractivity contribution is -0.199. The molecule has 308 valence electrons. The minimum Gasteiger partial charge on any atom is -0.462 e. The van der Waals surface area contributed by atoms with E-state index in [1.807, 2.05) is 73.5 Å². The first kappa shape index (κ1) is 44.1. The van der Waals surface area contributed by atoms with Gasteiger partial charge in [-0.2, -0.15) is 17.6 Å². The average molecular weight is 917 g/mol. The Kier molecular flexibility index (Phi) is 13.9. The van der Waals surface area contributed by atoms with E-state index in [9.17, 15) is 35.9 Å². The number of anilines is 2. The lowest BCUT2D eigenvalue weighted by Gasteiger charge is -2.18. The summed E-state index contributed by atoms with van der Waals surface area (Å²) in [7, 11) is 3.96. The highest BCUT2D eigenvalue weighted by Crippen LogP contribution is 2.35. The number of hydrogen-bond donors (Lipinski definition) is 1. The molecule has 7 rings (SSSR count). The van der Waals surface area contributed by atoms with Gasteiger partial charge in [-0.15, -0.1) is 0 Å². The number of hydrogen-bond acceptors (Lipinski definition) is 6. The van der Waals surface area contributed by atoms with Gasteiger partial charge in [-0.1, -0.05) is 51.3 Å². The van der Waals surface area contributed by atoms with Gasteiger partial charge in [-0.25, -0.2) is 13.6 Å². The molecule has 9 nitrogen and oxygen atoms in total. The number of esters is 1. The molecule has 0 aliphatic carbocycles. The van der Waals surface area contributed by atoms with Crippen LogP contribution in [0.3, 0.4) is 0 Å². The number of halogens is 9. The molecule has 0 bridgehead atoms. The smallest absolute Gasteiger partial charge is 0.444 e. The Bertz CT molecular complexity index is 2430. The van der Waals surface area contributed by atoms with Crippen LogP contribution in [0.4, 0.5) is 37.7 Å². The van der Waals surface area contributed by atoms with Crippen LogP contribution in [-0.2, 0) is 30.7 Å². The quantitative estimate of drug-likeness (QED) is 0.0636. The number of ether oxygens (including phenoxy) is 3. The number of aromatic nitrogens is 2. The molecule has 2 atom stereocenters. The van der Waals surface area contributed by atoms with E-state index < -0.39 is 29.4 Å². The third-order valence-corrected chi connectivity index (χ3v) is 9.82. The molecule has 0 saturated heterocycles. The lowest BCUT2D eigenvalue weighted by atomic mass is 10.1. The van der Waals surface area contributed by atoms with Gasteiger partial charge in [0.25, 0.3) is 17.2 Å². The first-order valence-electron chi connectivity index (χ1n) is 17.2. The molecule has 0 saturated carbocycles. The van der Waals surface area contributed by atoms with Crippen molar-refractivity contribution in [2.45, 2.75) is 42.3 Å². The van der Waals surface area contributed by atoms with E-state index in [-0.39, 0.29) is 35.1 Å².